The first-order valence-corrected chi connectivity index (χ1v) is 5.50. The quantitative estimate of drug-likeness (QED) is 0.208. The Labute approximate surface area is 121 Å². The molecule has 1 atom stereocenters. The molecule has 10 nitrogen and oxygen atoms in total. The van der Waals surface area contributed by atoms with E-state index < -0.39 is 21.8 Å². The topological polar surface area (TPSA) is 181 Å². The summed E-state index contributed by atoms with van der Waals surface area (Å²) in [5.41, 5.74) is 0. The molecular weight excluding hydrogens is 291 g/mol. The maximum absolute atomic E-state index is 8.74. The van der Waals surface area contributed by atoms with Crippen molar-refractivity contribution in [3.8, 4) is 6.01 Å². The van der Waals surface area contributed by atoms with E-state index in [1.807, 2.05) is 0 Å². The Balaban J connectivity index is -0.000000177. The molecule has 0 saturated carbocycles. The second kappa shape index (κ2) is 12.3. The number of nitrogens with zero attached hydrogens (tertiary/aromatic N) is 2. The molecule has 1 rings (SSSR count). The first-order chi connectivity index (χ1) is 7.13. The molecule has 0 aliphatic heterocycles. The van der Waals surface area contributed by atoms with E-state index in [0.717, 1.165) is 0 Å². The average Bonchev–Trinajstić information content (AvgIpc) is 2.00. The summed E-state index contributed by atoms with van der Waals surface area (Å²) in [7, 11) is -4.67. The molecule has 94 valence electrons. The molecule has 0 aromatic carbocycles. The minimum Gasteiger partial charge on any atom is -0.750 e. The van der Waals surface area contributed by atoms with Gasteiger partial charge in [-0.3, -0.25) is 9.11 Å². The van der Waals surface area contributed by atoms with Gasteiger partial charge in [-0.2, -0.15) is 8.42 Å². The van der Waals surface area contributed by atoms with Crippen LogP contribution < -0.4 is 29.6 Å². The van der Waals surface area contributed by atoms with Crippen LogP contribution in [0.15, 0.2) is 18.5 Å². The second-order valence-electron chi connectivity index (χ2n) is 1.71. The van der Waals surface area contributed by atoms with Gasteiger partial charge in [0.25, 0.3) is 0 Å². The fourth-order valence-corrected chi connectivity index (χ4v) is 0.291. The Hall–Kier alpha value is -0.180. The molecule has 0 aliphatic rings. The number of hydrogen-bond donors (Lipinski definition) is 4. The molecule has 17 heavy (non-hydrogen) atoms. The van der Waals surface area contributed by atoms with Gasteiger partial charge in [-0.15, -0.1) is 0 Å². The molecule has 0 radical (unpaired) electrons. The summed E-state index contributed by atoms with van der Waals surface area (Å²) in [6.45, 7) is 0. The monoisotopic (exact) mass is 298 g/mol. The first kappa shape index (κ1) is 22.0. The van der Waals surface area contributed by atoms with Crippen molar-refractivity contribution in [1.82, 2.24) is 9.97 Å². The molecule has 1 heterocycles. The molecule has 1 aromatic heterocycles. The minimum absolute atomic E-state index is 0. The average molecular weight is 298 g/mol. The predicted molar refractivity (Wildman–Crippen MR) is 49.4 cm³/mol. The number of aromatic hydroxyl groups is 1. The fourth-order valence-electron chi connectivity index (χ4n) is 0.291. The summed E-state index contributed by atoms with van der Waals surface area (Å²) in [5, 5.41) is 8.41. The van der Waals surface area contributed by atoms with Crippen LogP contribution in [-0.2, 0) is 21.8 Å². The number of hydrogen-bond acceptors (Lipinski definition) is 7. The van der Waals surface area contributed by atoms with Crippen molar-refractivity contribution in [2.75, 3.05) is 0 Å². The van der Waals surface area contributed by atoms with Crippen LogP contribution in [0.4, 0.5) is 0 Å². The standard InChI is InChI=1S/C4H4N2O.Na.H2O4S.H2O3S/c7-4-5-2-1-3-6-4;;1-5(2,3)4;1-4(2)3/h1-3H,(H,5,6,7);;(H2,1,2,3,4);(H2,1,2,3)/q;+1;;/p-1. The fraction of sp³-hybridized carbons (Fsp3) is 0. The summed E-state index contributed by atoms with van der Waals surface area (Å²) in [4.78, 5) is 6.85. The molecule has 0 aliphatic carbocycles. The predicted octanol–water partition coefficient (Wildman–Crippen LogP) is -4.13. The molecular formula is C4H7N2NaO8S2. The summed E-state index contributed by atoms with van der Waals surface area (Å²) >= 11 is -2.86. The van der Waals surface area contributed by atoms with E-state index in [1.54, 1.807) is 6.07 Å². The van der Waals surface area contributed by atoms with Crippen molar-refractivity contribution in [1.29, 1.82) is 0 Å². The molecule has 0 bridgehead atoms. The largest absolute Gasteiger partial charge is 1.00 e. The zero-order valence-electron chi connectivity index (χ0n) is 8.36. The van der Waals surface area contributed by atoms with Gasteiger partial charge >= 0.3 is 46.0 Å². The summed E-state index contributed by atoms with van der Waals surface area (Å²) < 4.78 is 55.7. The van der Waals surface area contributed by atoms with Crippen LogP contribution in [0.2, 0.25) is 0 Å². The van der Waals surface area contributed by atoms with Crippen LogP contribution in [0.5, 0.6) is 6.01 Å². The maximum Gasteiger partial charge on any atom is 1.00 e. The van der Waals surface area contributed by atoms with E-state index in [-0.39, 0.29) is 35.6 Å². The maximum atomic E-state index is 8.74. The molecule has 0 fully saturated rings. The third kappa shape index (κ3) is 49.4. The van der Waals surface area contributed by atoms with Gasteiger partial charge in [-0.1, -0.05) is 0 Å². The zero-order valence-corrected chi connectivity index (χ0v) is 12.0. The minimum atomic E-state index is -4.67. The van der Waals surface area contributed by atoms with Gasteiger partial charge in [-0.25, -0.2) is 14.2 Å². The van der Waals surface area contributed by atoms with Gasteiger partial charge in [0.2, 0.25) is 0 Å². The van der Waals surface area contributed by atoms with Gasteiger partial charge in [0.15, 0.2) is 0 Å². The van der Waals surface area contributed by atoms with Crippen molar-refractivity contribution < 1.29 is 65.5 Å². The Kier molecular flexibility index (Phi) is 15.9. The van der Waals surface area contributed by atoms with Gasteiger partial charge in [0.1, 0.15) is 0 Å². The molecule has 1 unspecified atom stereocenters. The van der Waals surface area contributed by atoms with Crippen LogP contribution in [-0.4, -0.2) is 45.9 Å². The van der Waals surface area contributed by atoms with Gasteiger partial charge < -0.3 is 14.2 Å². The summed E-state index contributed by atoms with van der Waals surface area (Å²) in [5.74, 6) is 0. The SMILES string of the molecule is O=S(=O)(O)O.O=S([O-])O.Oc1ncccn1.[Na+]. The Morgan fingerprint density at radius 3 is 1.59 bits per heavy atom. The molecule has 0 spiro atoms. The number of rotatable bonds is 0. The molecule has 0 saturated heterocycles. The van der Waals surface area contributed by atoms with Crippen molar-refractivity contribution in [2.45, 2.75) is 0 Å². The van der Waals surface area contributed by atoms with Crippen molar-refractivity contribution in [3.05, 3.63) is 18.5 Å². The third-order valence-electron chi connectivity index (χ3n) is 0.552. The number of aromatic nitrogens is 2. The Morgan fingerprint density at radius 1 is 1.24 bits per heavy atom. The van der Waals surface area contributed by atoms with Crippen molar-refractivity contribution >= 4 is 21.8 Å². The Morgan fingerprint density at radius 2 is 1.47 bits per heavy atom. The summed E-state index contributed by atoms with van der Waals surface area (Å²) in [6.07, 6.45) is 2.95. The van der Waals surface area contributed by atoms with E-state index in [0.29, 0.717) is 0 Å². The van der Waals surface area contributed by atoms with Crippen LogP contribution in [0.3, 0.4) is 0 Å². The second-order valence-corrected chi connectivity index (χ2v) is 3.04. The van der Waals surface area contributed by atoms with Crippen molar-refractivity contribution in [3.63, 3.8) is 0 Å². The van der Waals surface area contributed by atoms with Crippen LogP contribution in [0.25, 0.3) is 0 Å². The van der Waals surface area contributed by atoms with E-state index in [4.69, 9.17) is 35.9 Å². The van der Waals surface area contributed by atoms with E-state index >= 15 is 0 Å². The Bertz CT molecular complexity index is 385. The third-order valence-corrected chi connectivity index (χ3v) is 0.552. The molecule has 1 aromatic rings. The normalized spacial score (nSPS) is 10.6. The molecule has 13 heteroatoms. The van der Waals surface area contributed by atoms with E-state index in [2.05, 4.69) is 9.97 Å². The van der Waals surface area contributed by atoms with Crippen LogP contribution in [0, 0.1) is 0 Å². The van der Waals surface area contributed by atoms with Gasteiger partial charge in [0.05, 0.1) is 11.4 Å². The first-order valence-electron chi connectivity index (χ1n) is 3.07. The van der Waals surface area contributed by atoms with Crippen LogP contribution in [0.1, 0.15) is 0 Å². The van der Waals surface area contributed by atoms with E-state index in [9.17, 15) is 0 Å². The molecule has 0 amide bonds. The smallest absolute Gasteiger partial charge is 0.750 e. The van der Waals surface area contributed by atoms with Gasteiger partial charge in [-0.05, 0) is 6.07 Å². The van der Waals surface area contributed by atoms with E-state index in [1.165, 1.54) is 12.4 Å². The summed E-state index contributed by atoms with van der Waals surface area (Å²) in [6, 6.07) is 1.46. The zero-order chi connectivity index (χ0) is 13.2. The molecule has 4 N–H and O–H groups in total. The van der Waals surface area contributed by atoms with Gasteiger partial charge in [0, 0.05) is 12.4 Å². The van der Waals surface area contributed by atoms with Crippen LogP contribution >= 0.6 is 0 Å². The van der Waals surface area contributed by atoms with Crippen molar-refractivity contribution in [2.24, 2.45) is 0 Å².